The third-order valence-electron chi connectivity index (χ3n) is 2.56. The van der Waals surface area contributed by atoms with E-state index in [4.69, 9.17) is 8.83 Å². The van der Waals surface area contributed by atoms with Crippen LogP contribution in [-0.4, -0.2) is 37.9 Å². The molecule has 0 aromatic carbocycles. The molecule has 0 spiro atoms. The predicted molar refractivity (Wildman–Crippen MR) is 102 cm³/mol. The molecule has 0 fully saturated rings. The Hall–Kier alpha value is -3.02. The van der Waals surface area contributed by atoms with E-state index in [0.29, 0.717) is 11.5 Å². The highest BCUT2D eigenvalue weighted by Gasteiger charge is 1.96. The molecule has 138 valence electrons. The summed E-state index contributed by atoms with van der Waals surface area (Å²) >= 11 is 0. The van der Waals surface area contributed by atoms with Gasteiger partial charge in [-0.05, 0) is 36.4 Å². The Morgan fingerprint density at radius 3 is 1.80 bits per heavy atom. The zero-order valence-electron chi connectivity index (χ0n) is 13.4. The van der Waals surface area contributed by atoms with Gasteiger partial charge in [0.1, 0.15) is 11.5 Å². The van der Waals surface area contributed by atoms with Crippen LogP contribution in [0, 0.1) is 0 Å². The van der Waals surface area contributed by atoms with E-state index in [-0.39, 0.29) is 26.7 Å². The zero-order chi connectivity index (χ0) is 17.1. The fourth-order valence-electron chi connectivity index (χ4n) is 1.32. The molecule has 25 heavy (non-hydrogen) atoms. The van der Waals surface area contributed by atoms with Crippen molar-refractivity contribution in [2.24, 2.45) is 0 Å². The summed E-state index contributed by atoms with van der Waals surface area (Å²) in [5, 5.41) is 2.46. The van der Waals surface area contributed by atoms with Gasteiger partial charge in [0.15, 0.2) is 0 Å². The lowest BCUT2D eigenvalue weighted by atomic mass is 10.4. The second-order valence-electron chi connectivity index (χ2n) is 4.54. The lowest BCUT2D eigenvalue weighted by Crippen LogP contribution is -2.18. The summed E-state index contributed by atoms with van der Waals surface area (Å²) in [6.45, 7) is 0. The van der Waals surface area contributed by atoms with Crippen molar-refractivity contribution in [2.75, 3.05) is 21.1 Å². The molecule has 2 amide bonds. The highest BCUT2D eigenvalue weighted by atomic mass is 16.3. The lowest BCUT2D eigenvalue weighted by molar-refractivity contribution is -0.123. The van der Waals surface area contributed by atoms with E-state index in [2.05, 4.69) is 5.32 Å². The first kappa shape index (κ1) is 24.2. The van der Waals surface area contributed by atoms with Gasteiger partial charge in [-0.2, -0.15) is 0 Å². The number of nitrogens with zero attached hydrogens (tertiary/aromatic N) is 1. The van der Waals surface area contributed by atoms with Crippen LogP contribution in [0.3, 0.4) is 0 Å². The van der Waals surface area contributed by atoms with Crippen LogP contribution in [0.15, 0.2) is 57.8 Å². The number of carbonyl (C=O) groups is 2. The van der Waals surface area contributed by atoms with Gasteiger partial charge < -0.3 is 19.1 Å². The second-order valence-corrected chi connectivity index (χ2v) is 4.54. The minimum atomic E-state index is -0.138. The van der Waals surface area contributed by atoms with Gasteiger partial charge in [0, 0.05) is 33.3 Å². The number of carbonyl (C=O) groups excluding carboxylic acids is 2. The van der Waals surface area contributed by atoms with Gasteiger partial charge in [-0.25, -0.2) is 0 Å². The molecule has 0 bridgehead atoms. The maximum Gasteiger partial charge on any atom is 0.246 e. The third-order valence-corrected chi connectivity index (χ3v) is 2.56. The predicted octanol–water partition coefficient (Wildman–Crippen LogP) is 3.69. The van der Waals surface area contributed by atoms with Crippen LogP contribution in [0.4, 0.5) is 0 Å². The molecule has 1 N–H and O–H groups in total. The molecule has 0 aliphatic heterocycles. The van der Waals surface area contributed by atoms with Crippen molar-refractivity contribution in [1.29, 1.82) is 0 Å². The molecule has 0 saturated heterocycles. The number of hydrogen-bond acceptors (Lipinski definition) is 4. The van der Waals surface area contributed by atoms with E-state index in [0.717, 1.165) is 0 Å². The van der Waals surface area contributed by atoms with E-state index in [9.17, 15) is 9.59 Å². The molecule has 2 aromatic rings. The first-order chi connectivity index (χ1) is 11.0. The quantitative estimate of drug-likeness (QED) is 0.855. The van der Waals surface area contributed by atoms with Crippen molar-refractivity contribution in [1.82, 2.24) is 10.2 Å². The van der Waals surface area contributed by atoms with Gasteiger partial charge in [-0.3, -0.25) is 9.59 Å². The first-order valence-corrected chi connectivity index (χ1v) is 6.89. The summed E-state index contributed by atoms with van der Waals surface area (Å²) in [5.74, 6) is 1.17. The standard InChI is InChI=1S/C9H11NO2.C8H9NO2.2CH4/c1-10(2)9(11)6-5-8-4-3-7-12-8;1-9-8(10)5-4-7-3-2-6-11-7;;/h3-7H,1-2H3;2-6H,1H3,(H,9,10);2*1H4/b6-5+;5-4+;;. The fraction of sp³-hybridized carbons (Fsp3) is 0.263. The van der Waals surface area contributed by atoms with E-state index in [1.165, 1.54) is 17.1 Å². The smallest absolute Gasteiger partial charge is 0.246 e. The van der Waals surface area contributed by atoms with Gasteiger partial charge in [0.25, 0.3) is 0 Å². The number of rotatable bonds is 4. The largest absolute Gasteiger partial charge is 0.465 e. The van der Waals surface area contributed by atoms with Crippen LogP contribution >= 0.6 is 0 Å². The van der Waals surface area contributed by atoms with E-state index < -0.39 is 0 Å². The van der Waals surface area contributed by atoms with Crippen molar-refractivity contribution in [3.05, 3.63) is 60.5 Å². The van der Waals surface area contributed by atoms with Crippen molar-refractivity contribution in [3.63, 3.8) is 0 Å². The van der Waals surface area contributed by atoms with Gasteiger partial charge in [0.05, 0.1) is 12.5 Å². The molecule has 6 heteroatoms. The lowest BCUT2D eigenvalue weighted by Gasteiger charge is -2.04. The van der Waals surface area contributed by atoms with E-state index in [1.807, 2.05) is 0 Å². The SMILES string of the molecule is C.C.CN(C)C(=O)/C=C/c1ccco1.CNC(=O)/C=C/c1ccco1. The molecule has 6 nitrogen and oxygen atoms in total. The maximum atomic E-state index is 11.0. The van der Waals surface area contributed by atoms with E-state index in [1.54, 1.807) is 70.1 Å². The molecule has 0 unspecified atom stereocenters. The highest BCUT2D eigenvalue weighted by molar-refractivity contribution is 5.91. The van der Waals surface area contributed by atoms with Crippen LogP contribution < -0.4 is 5.32 Å². The molecular formula is C19H28N2O4. The molecule has 0 aliphatic carbocycles. The number of amides is 2. The topological polar surface area (TPSA) is 75.7 Å². The summed E-state index contributed by atoms with van der Waals surface area (Å²) in [6.07, 6.45) is 9.27. The molecule has 0 radical (unpaired) electrons. The van der Waals surface area contributed by atoms with Crippen LogP contribution in [-0.2, 0) is 9.59 Å². The number of likely N-dealkylation sites (N-methyl/N-ethyl adjacent to an activating group) is 2. The summed E-state index contributed by atoms with van der Waals surface area (Å²) in [5.41, 5.74) is 0. The van der Waals surface area contributed by atoms with Gasteiger partial charge in [-0.1, -0.05) is 14.9 Å². The van der Waals surface area contributed by atoms with E-state index >= 15 is 0 Å². The normalized spacial score (nSPS) is 9.56. The average molecular weight is 348 g/mol. The van der Waals surface area contributed by atoms with Crippen molar-refractivity contribution < 1.29 is 18.4 Å². The van der Waals surface area contributed by atoms with Crippen LogP contribution in [0.5, 0.6) is 0 Å². The van der Waals surface area contributed by atoms with Crippen molar-refractivity contribution in [2.45, 2.75) is 14.9 Å². The summed E-state index contributed by atoms with van der Waals surface area (Å²) in [4.78, 5) is 23.2. The Kier molecular flexibility index (Phi) is 13.0. The Bertz CT molecular complexity index is 639. The van der Waals surface area contributed by atoms with Crippen LogP contribution in [0.25, 0.3) is 12.2 Å². The Balaban J connectivity index is 0. The summed E-state index contributed by atoms with van der Waals surface area (Å²) < 4.78 is 9.97. The molecule has 2 heterocycles. The average Bonchev–Trinajstić information content (AvgIpc) is 3.23. The number of nitrogens with one attached hydrogen (secondary N) is 1. The zero-order valence-corrected chi connectivity index (χ0v) is 13.4. The molecule has 0 saturated carbocycles. The van der Waals surface area contributed by atoms with Crippen LogP contribution in [0.1, 0.15) is 26.4 Å². The van der Waals surface area contributed by atoms with Gasteiger partial charge >= 0.3 is 0 Å². The summed E-state index contributed by atoms with van der Waals surface area (Å²) in [6, 6.07) is 7.11. The van der Waals surface area contributed by atoms with Gasteiger partial charge in [-0.15, -0.1) is 0 Å². The Labute approximate surface area is 149 Å². The highest BCUT2D eigenvalue weighted by Crippen LogP contribution is 2.02. The first-order valence-electron chi connectivity index (χ1n) is 6.89. The minimum absolute atomic E-state index is 0. The third kappa shape index (κ3) is 10.4. The van der Waals surface area contributed by atoms with Crippen LogP contribution in [0.2, 0.25) is 0 Å². The second kappa shape index (κ2) is 13.4. The van der Waals surface area contributed by atoms with Gasteiger partial charge in [0.2, 0.25) is 11.8 Å². The number of furan rings is 2. The minimum Gasteiger partial charge on any atom is -0.465 e. The Morgan fingerprint density at radius 2 is 1.44 bits per heavy atom. The maximum absolute atomic E-state index is 11.0. The van der Waals surface area contributed by atoms with Crippen molar-refractivity contribution >= 4 is 24.0 Å². The summed E-state index contributed by atoms with van der Waals surface area (Å²) in [7, 11) is 4.98. The molecule has 2 rings (SSSR count). The fourth-order valence-corrected chi connectivity index (χ4v) is 1.32. The monoisotopic (exact) mass is 348 g/mol. The molecule has 0 aliphatic rings. The molecular weight excluding hydrogens is 320 g/mol. The van der Waals surface area contributed by atoms with Crippen molar-refractivity contribution in [3.8, 4) is 0 Å². The number of hydrogen-bond donors (Lipinski definition) is 1. The molecule has 2 aromatic heterocycles. The Morgan fingerprint density at radius 1 is 0.960 bits per heavy atom. The molecule has 0 atom stereocenters.